The second-order valence-electron chi connectivity index (χ2n) is 7.74. The first-order valence-electron chi connectivity index (χ1n) is 9.46. The fraction of sp³-hybridized carbons (Fsp3) is 0.450. The van der Waals surface area contributed by atoms with E-state index in [-0.39, 0.29) is 11.4 Å². The Labute approximate surface area is 187 Å². The molecule has 0 spiro atoms. The van der Waals surface area contributed by atoms with Gasteiger partial charge in [0.25, 0.3) is 17.7 Å². The normalized spacial score (nSPS) is 28.9. The van der Waals surface area contributed by atoms with Crippen LogP contribution in [0.5, 0.6) is 0 Å². The van der Waals surface area contributed by atoms with Crippen molar-refractivity contribution < 1.29 is 33.4 Å². The van der Waals surface area contributed by atoms with Crippen molar-refractivity contribution in [1.29, 1.82) is 0 Å². The summed E-state index contributed by atoms with van der Waals surface area (Å²) in [7, 11) is 0. The number of esters is 2. The number of fused-ring (bicyclic) bond motifs is 2. The minimum atomic E-state index is -1.05. The van der Waals surface area contributed by atoms with E-state index in [1.165, 1.54) is 23.6 Å². The molecule has 2 saturated heterocycles. The summed E-state index contributed by atoms with van der Waals surface area (Å²) >= 11 is 7.38. The number of hydrogen-bond acceptors (Lipinski definition) is 8. The van der Waals surface area contributed by atoms with Gasteiger partial charge >= 0.3 is 11.9 Å². The molecule has 2 unspecified atom stereocenters. The van der Waals surface area contributed by atoms with Gasteiger partial charge in [0.15, 0.2) is 0 Å². The van der Waals surface area contributed by atoms with Gasteiger partial charge in [0.05, 0.1) is 15.9 Å². The highest BCUT2D eigenvalue weighted by Crippen LogP contribution is 2.53. The number of hydrogen-bond donors (Lipinski definition) is 0. The van der Waals surface area contributed by atoms with E-state index in [0.29, 0.717) is 11.1 Å². The first-order chi connectivity index (χ1) is 14.6. The Morgan fingerprint density at radius 3 is 2.52 bits per heavy atom. The summed E-state index contributed by atoms with van der Waals surface area (Å²) in [6, 6.07) is 2.89. The molecule has 3 amide bonds. The number of thioether (sulfide) groups is 1. The fourth-order valence-corrected chi connectivity index (χ4v) is 6.17. The minimum absolute atomic E-state index is 0.0131. The van der Waals surface area contributed by atoms with E-state index < -0.39 is 58.7 Å². The summed E-state index contributed by atoms with van der Waals surface area (Å²) in [5, 5.41) is -0.634. The van der Waals surface area contributed by atoms with Crippen LogP contribution in [0.15, 0.2) is 18.2 Å². The molecule has 0 radical (unpaired) electrons. The van der Waals surface area contributed by atoms with E-state index in [1.807, 2.05) is 0 Å². The topological polar surface area (TPSA) is 110 Å². The van der Waals surface area contributed by atoms with Gasteiger partial charge in [-0.1, -0.05) is 12.1 Å². The van der Waals surface area contributed by atoms with Crippen molar-refractivity contribution in [3.8, 4) is 0 Å². The molecule has 3 aliphatic heterocycles. The molecule has 11 heteroatoms. The first-order valence-corrected chi connectivity index (χ1v) is 10.9. The summed E-state index contributed by atoms with van der Waals surface area (Å²) < 4.78 is 8.73. The van der Waals surface area contributed by atoms with E-state index in [2.05, 4.69) is 4.74 Å². The molecule has 1 aromatic carbocycles. The van der Waals surface area contributed by atoms with Crippen LogP contribution in [0.3, 0.4) is 0 Å². The molecule has 1 aromatic rings. The molecule has 31 heavy (non-hydrogen) atoms. The number of benzene rings is 1. The number of rotatable bonds is 5. The molecule has 3 aliphatic rings. The molecule has 164 valence electrons. The lowest BCUT2D eigenvalue weighted by Crippen LogP contribution is -2.71. The zero-order chi connectivity index (χ0) is 22.7. The lowest BCUT2D eigenvalue weighted by molar-refractivity contribution is -0.176. The summed E-state index contributed by atoms with van der Waals surface area (Å²) in [6.45, 7) is 4.02. The van der Waals surface area contributed by atoms with Crippen LogP contribution in [-0.2, 0) is 23.9 Å². The van der Waals surface area contributed by atoms with Gasteiger partial charge < -0.3 is 14.4 Å². The van der Waals surface area contributed by atoms with Crippen LogP contribution in [0.1, 0.15) is 40.1 Å². The molecule has 3 heterocycles. The van der Waals surface area contributed by atoms with Gasteiger partial charge in [-0.25, -0.2) is 4.79 Å². The number of halogens is 1. The van der Waals surface area contributed by atoms with Crippen molar-refractivity contribution in [3.63, 3.8) is 0 Å². The van der Waals surface area contributed by atoms with Crippen LogP contribution < -0.4 is 0 Å². The SMILES string of the molecule is CC(=O)OCOC(=O)C1N2C(=O)C(N3C(=O)c4cccc(C)c4C3=O)[C@@H]2S[C@@]1(C)CCl. The number of aryl methyl sites for hydroxylation is 1. The number of carbonyl (C=O) groups is 5. The average molecular weight is 467 g/mol. The predicted molar refractivity (Wildman–Crippen MR) is 109 cm³/mol. The summed E-state index contributed by atoms with van der Waals surface area (Å²) in [4.78, 5) is 64.9. The van der Waals surface area contributed by atoms with Crippen LogP contribution in [0.25, 0.3) is 0 Å². The predicted octanol–water partition coefficient (Wildman–Crippen LogP) is 1.30. The number of amides is 3. The molecule has 0 saturated carbocycles. The van der Waals surface area contributed by atoms with Crippen LogP contribution in [-0.4, -0.2) is 74.3 Å². The van der Waals surface area contributed by atoms with Crippen molar-refractivity contribution in [3.05, 3.63) is 34.9 Å². The van der Waals surface area contributed by atoms with Gasteiger partial charge in [-0.2, -0.15) is 0 Å². The van der Waals surface area contributed by atoms with Crippen LogP contribution in [0.4, 0.5) is 0 Å². The Morgan fingerprint density at radius 1 is 1.19 bits per heavy atom. The molecule has 2 fully saturated rings. The van der Waals surface area contributed by atoms with E-state index in [4.69, 9.17) is 16.3 Å². The summed E-state index contributed by atoms with van der Waals surface area (Å²) in [5.74, 6) is -2.97. The highest BCUT2D eigenvalue weighted by atomic mass is 35.5. The average Bonchev–Trinajstić information content (AvgIpc) is 3.13. The molecule has 0 aliphatic carbocycles. The van der Waals surface area contributed by atoms with Gasteiger partial charge in [0.1, 0.15) is 17.5 Å². The van der Waals surface area contributed by atoms with E-state index in [1.54, 1.807) is 32.0 Å². The Hall–Kier alpha value is -2.59. The van der Waals surface area contributed by atoms with Crippen molar-refractivity contribution in [2.45, 2.75) is 43.0 Å². The quantitative estimate of drug-likeness (QED) is 0.210. The molecular formula is C20H19ClN2O7S. The van der Waals surface area contributed by atoms with Crippen molar-refractivity contribution >= 4 is 53.0 Å². The third-order valence-electron chi connectivity index (χ3n) is 5.68. The van der Waals surface area contributed by atoms with Gasteiger partial charge in [-0.3, -0.25) is 24.1 Å². The third-order valence-corrected chi connectivity index (χ3v) is 8.03. The maximum Gasteiger partial charge on any atom is 0.333 e. The molecule has 4 atom stereocenters. The zero-order valence-electron chi connectivity index (χ0n) is 16.9. The van der Waals surface area contributed by atoms with Gasteiger partial charge in [0.2, 0.25) is 6.79 Å². The number of ether oxygens (including phenoxy) is 2. The number of alkyl halides is 1. The van der Waals surface area contributed by atoms with Crippen LogP contribution in [0.2, 0.25) is 0 Å². The summed E-state index contributed by atoms with van der Waals surface area (Å²) in [6.07, 6.45) is 0. The van der Waals surface area contributed by atoms with E-state index in [0.717, 1.165) is 4.90 Å². The largest absolute Gasteiger partial charge is 0.428 e. The number of β-lactam (4-membered cyclic amide) rings is 1. The fourth-order valence-electron chi connectivity index (χ4n) is 4.18. The van der Waals surface area contributed by atoms with Crippen molar-refractivity contribution in [2.24, 2.45) is 0 Å². The second kappa shape index (κ2) is 7.52. The van der Waals surface area contributed by atoms with Crippen molar-refractivity contribution in [2.75, 3.05) is 12.7 Å². The standard InChI is InChI=1S/C20H19ClN2O7S/c1-9-5-4-6-11-12(9)16(26)22(15(11)25)13-17(27)23-14(19(28)30-8-29-10(2)24)20(3,7-21)31-18(13)23/h4-6,13-14,18H,7-8H2,1-3H3/t13?,14?,18-,20-/m0/s1. The molecule has 4 rings (SSSR count). The van der Waals surface area contributed by atoms with Crippen LogP contribution >= 0.6 is 23.4 Å². The summed E-state index contributed by atoms with van der Waals surface area (Å²) in [5.41, 5.74) is 1.20. The van der Waals surface area contributed by atoms with Gasteiger partial charge in [0, 0.05) is 12.8 Å². The lowest BCUT2D eigenvalue weighted by atomic mass is 9.95. The highest BCUT2D eigenvalue weighted by molar-refractivity contribution is 8.01. The maximum absolute atomic E-state index is 13.1. The molecule has 9 nitrogen and oxygen atoms in total. The zero-order valence-corrected chi connectivity index (χ0v) is 18.5. The first kappa shape index (κ1) is 21.6. The Kier molecular flexibility index (Phi) is 5.25. The van der Waals surface area contributed by atoms with Gasteiger partial charge in [-0.05, 0) is 25.5 Å². The molecule has 0 aromatic heterocycles. The highest BCUT2D eigenvalue weighted by Gasteiger charge is 2.68. The Morgan fingerprint density at radius 2 is 1.90 bits per heavy atom. The Bertz CT molecular complexity index is 1030. The minimum Gasteiger partial charge on any atom is -0.428 e. The van der Waals surface area contributed by atoms with E-state index in [9.17, 15) is 24.0 Å². The second-order valence-corrected chi connectivity index (χ2v) is 9.66. The third kappa shape index (κ3) is 3.11. The van der Waals surface area contributed by atoms with Crippen LogP contribution in [0, 0.1) is 6.92 Å². The maximum atomic E-state index is 13.1. The van der Waals surface area contributed by atoms with E-state index >= 15 is 0 Å². The monoisotopic (exact) mass is 466 g/mol. The number of imide groups is 1. The van der Waals surface area contributed by atoms with Gasteiger partial charge in [-0.15, -0.1) is 23.4 Å². The molecule has 0 bridgehead atoms. The number of carbonyl (C=O) groups excluding carboxylic acids is 5. The smallest absolute Gasteiger partial charge is 0.333 e. The molecule has 0 N–H and O–H groups in total. The Balaban J connectivity index is 1.59. The lowest BCUT2D eigenvalue weighted by Gasteiger charge is -2.46. The molecular weight excluding hydrogens is 448 g/mol. The number of nitrogens with zero attached hydrogens (tertiary/aromatic N) is 2. The van der Waals surface area contributed by atoms with Crippen molar-refractivity contribution in [1.82, 2.24) is 9.80 Å².